The van der Waals surface area contributed by atoms with E-state index in [2.05, 4.69) is 18.9 Å². The number of nitrogens with zero attached hydrogens (tertiary/aromatic N) is 2. The maximum atomic E-state index is 5.83. The molecular formula is C14H17ClN2O. The van der Waals surface area contributed by atoms with Crippen LogP contribution in [0.2, 0.25) is 0 Å². The first-order valence-electron chi connectivity index (χ1n) is 5.97. The maximum Gasteiger partial charge on any atom is 0.165 e. The standard InChI is InChI=1S/C14H17ClN2O/c1-10(2)17-9-14(8-16-17)18-13-5-4-12(7-15)11(3)6-13/h4-6,8-10H,7H2,1-3H3. The van der Waals surface area contributed by atoms with Gasteiger partial charge in [-0.05, 0) is 44.0 Å². The van der Waals surface area contributed by atoms with Gasteiger partial charge in [-0.3, -0.25) is 4.68 Å². The molecule has 96 valence electrons. The van der Waals surface area contributed by atoms with E-state index in [1.807, 2.05) is 36.0 Å². The fraction of sp³-hybridized carbons (Fsp3) is 0.357. The summed E-state index contributed by atoms with van der Waals surface area (Å²) >= 11 is 5.83. The summed E-state index contributed by atoms with van der Waals surface area (Å²) in [6.45, 7) is 6.19. The lowest BCUT2D eigenvalue weighted by atomic mass is 10.1. The average Bonchev–Trinajstić information content (AvgIpc) is 2.78. The smallest absolute Gasteiger partial charge is 0.165 e. The average molecular weight is 265 g/mol. The molecule has 0 saturated heterocycles. The molecule has 0 N–H and O–H groups in total. The second-order valence-corrected chi connectivity index (χ2v) is 4.84. The summed E-state index contributed by atoms with van der Waals surface area (Å²) in [5.41, 5.74) is 2.26. The Balaban J connectivity index is 2.15. The van der Waals surface area contributed by atoms with Gasteiger partial charge in [-0.15, -0.1) is 11.6 Å². The molecular weight excluding hydrogens is 248 g/mol. The van der Waals surface area contributed by atoms with Crippen LogP contribution < -0.4 is 4.74 Å². The summed E-state index contributed by atoms with van der Waals surface area (Å²) in [7, 11) is 0. The summed E-state index contributed by atoms with van der Waals surface area (Å²) < 4.78 is 7.63. The van der Waals surface area contributed by atoms with Crippen LogP contribution in [0, 0.1) is 6.92 Å². The van der Waals surface area contributed by atoms with E-state index in [-0.39, 0.29) is 0 Å². The van der Waals surface area contributed by atoms with E-state index >= 15 is 0 Å². The van der Waals surface area contributed by atoms with E-state index in [1.54, 1.807) is 6.20 Å². The largest absolute Gasteiger partial charge is 0.454 e. The summed E-state index contributed by atoms with van der Waals surface area (Å²) in [5, 5.41) is 4.24. The fourth-order valence-electron chi connectivity index (χ4n) is 1.67. The Kier molecular flexibility index (Phi) is 3.92. The van der Waals surface area contributed by atoms with Gasteiger partial charge in [-0.1, -0.05) is 6.07 Å². The van der Waals surface area contributed by atoms with Gasteiger partial charge in [0.25, 0.3) is 0 Å². The first kappa shape index (κ1) is 13.0. The second-order valence-electron chi connectivity index (χ2n) is 4.57. The molecule has 0 bridgehead atoms. The van der Waals surface area contributed by atoms with Gasteiger partial charge in [0.15, 0.2) is 5.75 Å². The molecule has 2 aromatic rings. The van der Waals surface area contributed by atoms with Gasteiger partial charge in [-0.25, -0.2) is 0 Å². The monoisotopic (exact) mass is 264 g/mol. The lowest BCUT2D eigenvalue weighted by Crippen LogP contribution is -1.99. The van der Waals surface area contributed by atoms with Crippen LogP contribution in [0.3, 0.4) is 0 Å². The first-order valence-corrected chi connectivity index (χ1v) is 6.51. The third kappa shape index (κ3) is 2.85. The number of aromatic nitrogens is 2. The Morgan fingerprint density at radius 3 is 2.67 bits per heavy atom. The molecule has 1 aromatic heterocycles. The van der Waals surface area contributed by atoms with E-state index in [0.717, 1.165) is 22.6 Å². The zero-order valence-electron chi connectivity index (χ0n) is 10.9. The molecule has 0 aliphatic rings. The second kappa shape index (κ2) is 5.44. The van der Waals surface area contributed by atoms with Crippen molar-refractivity contribution in [2.24, 2.45) is 0 Å². The molecule has 0 spiro atoms. The normalized spacial score (nSPS) is 10.9. The van der Waals surface area contributed by atoms with Crippen LogP contribution in [0.1, 0.15) is 31.0 Å². The Morgan fingerprint density at radius 2 is 2.11 bits per heavy atom. The van der Waals surface area contributed by atoms with Gasteiger partial charge in [0, 0.05) is 11.9 Å². The Morgan fingerprint density at radius 1 is 1.33 bits per heavy atom. The molecule has 4 heteroatoms. The zero-order valence-corrected chi connectivity index (χ0v) is 11.6. The lowest BCUT2D eigenvalue weighted by Gasteiger charge is -2.07. The highest BCUT2D eigenvalue weighted by Gasteiger charge is 2.05. The summed E-state index contributed by atoms with van der Waals surface area (Å²) in [5.74, 6) is 2.09. The van der Waals surface area contributed by atoms with Gasteiger partial charge in [0.2, 0.25) is 0 Å². The highest BCUT2D eigenvalue weighted by molar-refractivity contribution is 6.17. The van der Waals surface area contributed by atoms with Crippen LogP contribution >= 0.6 is 11.6 Å². The molecule has 0 radical (unpaired) electrons. The molecule has 0 amide bonds. The van der Waals surface area contributed by atoms with Gasteiger partial charge >= 0.3 is 0 Å². The van der Waals surface area contributed by atoms with Crippen LogP contribution in [0.4, 0.5) is 0 Å². The number of halogens is 1. The van der Waals surface area contributed by atoms with Gasteiger partial charge in [0.1, 0.15) is 5.75 Å². The predicted octanol–water partition coefficient (Wildman–Crippen LogP) is 4.30. The highest BCUT2D eigenvalue weighted by atomic mass is 35.5. The Labute approximate surface area is 112 Å². The molecule has 3 nitrogen and oxygen atoms in total. The molecule has 0 unspecified atom stereocenters. The topological polar surface area (TPSA) is 27.1 Å². The van der Waals surface area contributed by atoms with Gasteiger partial charge in [0.05, 0.1) is 12.4 Å². The number of ether oxygens (including phenoxy) is 1. The summed E-state index contributed by atoms with van der Waals surface area (Å²) in [6, 6.07) is 6.24. The van der Waals surface area contributed by atoms with Crippen LogP contribution in [-0.2, 0) is 5.88 Å². The molecule has 0 fully saturated rings. The lowest BCUT2D eigenvalue weighted by molar-refractivity contribution is 0.476. The van der Waals surface area contributed by atoms with Crippen LogP contribution in [0.25, 0.3) is 0 Å². The molecule has 18 heavy (non-hydrogen) atoms. The van der Waals surface area contributed by atoms with Crippen molar-refractivity contribution in [3.8, 4) is 11.5 Å². The maximum absolute atomic E-state index is 5.83. The van der Waals surface area contributed by atoms with Crippen LogP contribution in [0.15, 0.2) is 30.6 Å². The third-order valence-electron chi connectivity index (χ3n) is 2.80. The zero-order chi connectivity index (χ0) is 13.1. The highest BCUT2D eigenvalue weighted by Crippen LogP contribution is 2.24. The minimum Gasteiger partial charge on any atom is -0.454 e. The number of hydrogen-bond acceptors (Lipinski definition) is 2. The SMILES string of the molecule is Cc1cc(Oc2cnn(C(C)C)c2)ccc1CCl. The predicted molar refractivity (Wildman–Crippen MR) is 73.4 cm³/mol. The van der Waals surface area contributed by atoms with Crippen molar-refractivity contribution >= 4 is 11.6 Å². The summed E-state index contributed by atoms with van der Waals surface area (Å²) in [6.07, 6.45) is 3.63. The van der Waals surface area contributed by atoms with Gasteiger partial charge in [-0.2, -0.15) is 5.10 Å². The van der Waals surface area contributed by atoms with E-state index in [4.69, 9.17) is 16.3 Å². The van der Waals surface area contributed by atoms with E-state index in [1.165, 1.54) is 0 Å². The third-order valence-corrected chi connectivity index (χ3v) is 3.09. The van der Waals surface area contributed by atoms with Crippen LogP contribution in [0.5, 0.6) is 11.5 Å². The number of benzene rings is 1. The van der Waals surface area contributed by atoms with Crippen molar-refractivity contribution in [1.29, 1.82) is 0 Å². The number of aryl methyl sites for hydroxylation is 1. The molecule has 1 aromatic carbocycles. The number of hydrogen-bond donors (Lipinski definition) is 0. The minimum atomic E-state index is 0.336. The molecule has 0 aliphatic carbocycles. The molecule has 2 rings (SSSR count). The number of alkyl halides is 1. The van der Waals surface area contributed by atoms with Crippen molar-refractivity contribution in [2.75, 3.05) is 0 Å². The van der Waals surface area contributed by atoms with Gasteiger partial charge < -0.3 is 4.74 Å². The molecule has 1 heterocycles. The Bertz CT molecular complexity index is 534. The van der Waals surface area contributed by atoms with E-state index in [9.17, 15) is 0 Å². The molecule has 0 atom stereocenters. The van der Waals surface area contributed by atoms with Crippen LogP contribution in [-0.4, -0.2) is 9.78 Å². The number of rotatable bonds is 4. The molecule has 0 saturated carbocycles. The quantitative estimate of drug-likeness (QED) is 0.770. The first-order chi connectivity index (χ1) is 8.60. The molecule has 0 aliphatic heterocycles. The summed E-state index contributed by atoms with van der Waals surface area (Å²) in [4.78, 5) is 0. The van der Waals surface area contributed by atoms with E-state index in [0.29, 0.717) is 11.9 Å². The fourth-order valence-corrected chi connectivity index (χ4v) is 1.97. The minimum absolute atomic E-state index is 0.336. The van der Waals surface area contributed by atoms with Crippen molar-refractivity contribution in [2.45, 2.75) is 32.7 Å². The van der Waals surface area contributed by atoms with E-state index < -0.39 is 0 Å². The van der Waals surface area contributed by atoms with Crippen molar-refractivity contribution in [3.63, 3.8) is 0 Å². The van der Waals surface area contributed by atoms with Crippen molar-refractivity contribution in [3.05, 3.63) is 41.7 Å². The van der Waals surface area contributed by atoms with Crippen molar-refractivity contribution in [1.82, 2.24) is 9.78 Å². The Hall–Kier alpha value is -1.48. The van der Waals surface area contributed by atoms with Crippen molar-refractivity contribution < 1.29 is 4.74 Å².